The van der Waals surface area contributed by atoms with Crippen LogP contribution < -0.4 is 10.1 Å². The van der Waals surface area contributed by atoms with Gasteiger partial charge in [-0.1, -0.05) is 20.8 Å². The summed E-state index contributed by atoms with van der Waals surface area (Å²) in [5, 5.41) is 2.92. The van der Waals surface area contributed by atoms with Crippen molar-refractivity contribution in [3.8, 4) is 5.75 Å². The van der Waals surface area contributed by atoms with Crippen LogP contribution in [-0.4, -0.2) is 61.1 Å². The first-order valence-electron chi connectivity index (χ1n) is 8.43. The minimum absolute atomic E-state index is 0.0329. The van der Waals surface area contributed by atoms with Crippen molar-refractivity contribution in [2.45, 2.75) is 20.8 Å². The van der Waals surface area contributed by atoms with Gasteiger partial charge in [-0.2, -0.15) is 0 Å². The summed E-state index contributed by atoms with van der Waals surface area (Å²) in [5.74, 6) is -0.0337. The Hall–Kier alpha value is -2.31. The summed E-state index contributed by atoms with van der Waals surface area (Å²) in [6.45, 7) is 8.65. The predicted octanol–water partition coefficient (Wildman–Crippen LogP) is 2.10. The molecule has 1 aliphatic heterocycles. The van der Waals surface area contributed by atoms with Crippen LogP contribution in [-0.2, 0) is 4.79 Å². The molecule has 1 heterocycles. The number of ether oxygens (including phenoxy) is 1. The maximum atomic E-state index is 12.8. The normalized spacial score (nSPS) is 15.0. The summed E-state index contributed by atoms with van der Waals surface area (Å²) < 4.78 is 18.2. The van der Waals surface area contributed by atoms with Crippen molar-refractivity contribution in [1.29, 1.82) is 0 Å². The molecule has 138 valence electrons. The number of hydrogen-bond donors (Lipinski definition) is 1. The quantitative estimate of drug-likeness (QED) is 0.904. The highest BCUT2D eigenvalue weighted by atomic mass is 19.1. The second-order valence-electron chi connectivity index (χ2n) is 7.33. The molecule has 1 aromatic carbocycles. The van der Waals surface area contributed by atoms with Gasteiger partial charge in [0.2, 0.25) is 0 Å². The Morgan fingerprint density at radius 1 is 1.08 bits per heavy atom. The van der Waals surface area contributed by atoms with Crippen molar-refractivity contribution in [3.05, 3.63) is 30.1 Å². The molecule has 3 amide bonds. The highest BCUT2D eigenvalue weighted by Gasteiger charge is 2.25. The number of rotatable bonds is 4. The average Bonchev–Trinajstić information content (AvgIpc) is 2.58. The third kappa shape index (κ3) is 6.25. The van der Waals surface area contributed by atoms with Gasteiger partial charge < -0.3 is 19.9 Å². The molecule has 0 radical (unpaired) electrons. The van der Waals surface area contributed by atoms with E-state index in [-0.39, 0.29) is 29.8 Å². The monoisotopic (exact) mass is 351 g/mol. The maximum Gasteiger partial charge on any atom is 0.317 e. The number of amides is 3. The third-order valence-electron chi connectivity index (χ3n) is 3.87. The van der Waals surface area contributed by atoms with E-state index in [1.54, 1.807) is 9.80 Å². The number of nitrogens with one attached hydrogen (secondary N) is 1. The molecule has 0 saturated carbocycles. The Morgan fingerprint density at radius 2 is 1.64 bits per heavy atom. The van der Waals surface area contributed by atoms with E-state index in [4.69, 9.17) is 4.74 Å². The molecule has 0 atom stereocenters. The summed E-state index contributed by atoms with van der Waals surface area (Å²) in [6, 6.07) is 5.45. The van der Waals surface area contributed by atoms with Crippen molar-refractivity contribution in [3.63, 3.8) is 0 Å². The molecule has 1 N–H and O–H groups in total. The van der Waals surface area contributed by atoms with Gasteiger partial charge in [0.05, 0.1) is 0 Å². The third-order valence-corrected chi connectivity index (χ3v) is 3.87. The summed E-state index contributed by atoms with van der Waals surface area (Å²) in [6.07, 6.45) is 0. The van der Waals surface area contributed by atoms with Gasteiger partial charge in [0.25, 0.3) is 5.91 Å². The maximum absolute atomic E-state index is 12.8. The second-order valence-corrected chi connectivity index (χ2v) is 7.33. The fraction of sp³-hybridized carbons (Fsp3) is 0.556. The molecule has 0 bridgehead atoms. The minimum Gasteiger partial charge on any atom is -0.484 e. The summed E-state index contributed by atoms with van der Waals surface area (Å²) >= 11 is 0. The SMILES string of the molecule is CC(C)(C)CNC(=O)N1CCN(C(=O)COc2ccc(F)cc2)CC1. The van der Waals surface area contributed by atoms with Gasteiger partial charge >= 0.3 is 6.03 Å². The topological polar surface area (TPSA) is 61.9 Å². The zero-order chi connectivity index (χ0) is 18.4. The van der Waals surface area contributed by atoms with E-state index in [0.717, 1.165) is 0 Å². The van der Waals surface area contributed by atoms with Crippen LogP contribution >= 0.6 is 0 Å². The molecule has 0 aliphatic carbocycles. The van der Waals surface area contributed by atoms with Gasteiger partial charge in [0.15, 0.2) is 6.61 Å². The molecule has 2 rings (SSSR count). The van der Waals surface area contributed by atoms with Crippen LogP contribution in [0.15, 0.2) is 24.3 Å². The van der Waals surface area contributed by atoms with Crippen LogP contribution in [0, 0.1) is 11.2 Å². The minimum atomic E-state index is -0.348. The van der Waals surface area contributed by atoms with E-state index in [1.807, 2.05) is 0 Å². The van der Waals surface area contributed by atoms with E-state index in [1.165, 1.54) is 24.3 Å². The molecule has 25 heavy (non-hydrogen) atoms. The lowest BCUT2D eigenvalue weighted by Crippen LogP contribution is -2.54. The van der Waals surface area contributed by atoms with Crippen molar-refractivity contribution in [2.75, 3.05) is 39.3 Å². The van der Waals surface area contributed by atoms with Gasteiger partial charge in [-0.15, -0.1) is 0 Å². The number of carbonyl (C=O) groups is 2. The summed E-state index contributed by atoms with van der Waals surface area (Å²) in [4.78, 5) is 27.7. The largest absolute Gasteiger partial charge is 0.484 e. The Morgan fingerprint density at radius 3 is 2.20 bits per heavy atom. The van der Waals surface area contributed by atoms with Crippen molar-refractivity contribution in [2.24, 2.45) is 5.41 Å². The zero-order valence-electron chi connectivity index (χ0n) is 15.0. The molecule has 0 aromatic heterocycles. The molecule has 1 fully saturated rings. The van der Waals surface area contributed by atoms with E-state index in [9.17, 15) is 14.0 Å². The average molecular weight is 351 g/mol. The van der Waals surface area contributed by atoms with Crippen LogP contribution in [0.1, 0.15) is 20.8 Å². The zero-order valence-corrected chi connectivity index (χ0v) is 15.0. The summed E-state index contributed by atoms with van der Waals surface area (Å²) in [5.41, 5.74) is 0.0329. The number of halogens is 1. The number of nitrogens with zero attached hydrogens (tertiary/aromatic N) is 2. The van der Waals surface area contributed by atoms with Gasteiger partial charge in [0, 0.05) is 32.7 Å². The molecule has 1 saturated heterocycles. The van der Waals surface area contributed by atoms with Crippen LogP contribution in [0.5, 0.6) is 5.75 Å². The van der Waals surface area contributed by atoms with Crippen LogP contribution in [0.3, 0.4) is 0 Å². The molecule has 6 nitrogen and oxygen atoms in total. The van der Waals surface area contributed by atoms with E-state index in [0.29, 0.717) is 38.5 Å². The van der Waals surface area contributed by atoms with Crippen LogP contribution in [0.4, 0.5) is 9.18 Å². The Labute approximate surface area is 147 Å². The van der Waals surface area contributed by atoms with E-state index >= 15 is 0 Å². The first kappa shape index (κ1) is 19.0. The fourth-order valence-electron chi connectivity index (χ4n) is 2.38. The number of carbonyl (C=O) groups excluding carboxylic acids is 2. The highest BCUT2D eigenvalue weighted by molar-refractivity contribution is 5.79. The lowest BCUT2D eigenvalue weighted by Gasteiger charge is -2.35. The first-order valence-corrected chi connectivity index (χ1v) is 8.43. The number of urea groups is 1. The molecule has 0 unspecified atom stereocenters. The van der Waals surface area contributed by atoms with Crippen molar-refractivity contribution >= 4 is 11.9 Å². The Balaban J connectivity index is 1.72. The van der Waals surface area contributed by atoms with Gasteiger partial charge in [-0.25, -0.2) is 9.18 Å². The first-order chi connectivity index (χ1) is 11.7. The van der Waals surface area contributed by atoms with Gasteiger partial charge in [0.1, 0.15) is 11.6 Å². The Bertz CT molecular complexity index is 591. The number of hydrogen-bond acceptors (Lipinski definition) is 3. The van der Waals surface area contributed by atoms with Crippen molar-refractivity contribution < 1.29 is 18.7 Å². The van der Waals surface area contributed by atoms with Crippen LogP contribution in [0.25, 0.3) is 0 Å². The molecule has 1 aromatic rings. The fourth-order valence-corrected chi connectivity index (χ4v) is 2.38. The van der Waals surface area contributed by atoms with Crippen LogP contribution in [0.2, 0.25) is 0 Å². The molecular formula is C18H26FN3O3. The van der Waals surface area contributed by atoms with Gasteiger partial charge in [-0.05, 0) is 29.7 Å². The molecule has 0 spiro atoms. The van der Waals surface area contributed by atoms with Crippen molar-refractivity contribution in [1.82, 2.24) is 15.1 Å². The van der Waals surface area contributed by atoms with Gasteiger partial charge in [-0.3, -0.25) is 4.79 Å². The molecule has 7 heteroatoms. The Kier molecular flexibility index (Phi) is 6.22. The number of piperazine rings is 1. The predicted molar refractivity (Wildman–Crippen MR) is 92.9 cm³/mol. The standard InChI is InChI=1S/C18H26FN3O3/c1-18(2,3)13-20-17(24)22-10-8-21(9-11-22)16(23)12-25-15-6-4-14(19)5-7-15/h4-7H,8-13H2,1-3H3,(H,20,24). The lowest BCUT2D eigenvalue weighted by atomic mass is 9.97. The number of benzene rings is 1. The molecule has 1 aliphatic rings. The van der Waals surface area contributed by atoms with E-state index in [2.05, 4.69) is 26.1 Å². The lowest BCUT2D eigenvalue weighted by molar-refractivity contribution is -0.134. The smallest absolute Gasteiger partial charge is 0.317 e. The second kappa shape index (κ2) is 8.18. The van der Waals surface area contributed by atoms with E-state index < -0.39 is 0 Å². The highest BCUT2D eigenvalue weighted by Crippen LogP contribution is 2.12. The molecular weight excluding hydrogens is 325 g/mol. The summed E-state index contributed by atoms with van der Waals surface area (Å²) in [7, 11) is 0.